The number of likely N-dealkylation sites (N-methyl/N-ethyl adjacent to an activating group) is 1. The van der Waals surface area contributed by atoms with Crippen molar-refractivity contribution in [1.82, 2.24) is 0 Å². The predicted molar refractivity (Wildman–Crippen MR) is 409 cm³/mol. The number of quaternary nitrogens is 1. The highest BCUT2D eigenvalue weighted by Crippen LogP contribution is 2.43. The van der Waals surface area contributed by atoms with Gasteiger partial charge in [-0.15, -0.1) is 0 Å². The fourth-order valence-electron chi connectivity index (χ4n) is 12.1. The molecule has 94 heavy (non-hydrogen) atoms. The Labute approximate surface area is 584 Å². The third kappa shape index (κ3) is 78.4. The van der Waals surface area contributed by atoms with Gasteiger partial charge in [-0.05, 0) is 64.2 Å². The number of carbonyl (C=O) groups is 2. The molecule has 0 rings (SSSR count). The quantitative estimate of drug-likeness (QED) is 0.0211. The van der Waals surface area contributed by atoms with Gasteiger partial charge in [0, 0.05) is 12.8 Å². The van der Waals surface area contributed by atoms with E-state index in [1.165, 1.54) is 295 Å². The number of carbonyl (C=O) groups excluding carboxylic acids is 2. The molecule has 0 fully saturated rings. The zero-order chi connectivity index (χ0) is 68.3. The van der Waals surface area contributed by atoms with Crippen molar-refractivity contribution in [1.29, 1.82) is 0 Å². The molecule has 0 bridgehead atoms. The van der Waals surface area contributed by atoms with Gasteiger partial charge in [0.05, 0.1) is 27.7 Å². The summed E-state index contributed by atoms with van der Waals surface area (Å²) in [4.78, 5) is 36.0. The maximum absolute atomic E-state index is 12.9. The highest BCUT2D eigenvalue weighted by molar-refractivity contribution is 7.47. The van der Waals surface area contributed by atoms with E-state index in [2.05, 4.69) is 86.8 Å². The van der Waals surface area contributed by atoms with Crippen molar-refractivity contribution < 1.29 is 42.1 Å². The molecule has 2 unspecified atom stereocenters. The number of hydrogen-bond acceptors (Lipinski definition) is 7. The summed E-state index contributed by atoms with van der Waals surface area (Å²) in [6.45, 7) is 4.39. The van der Waals surface area contributed by atoms with Gasteiger partial charge in [0.25, 0.3) is 0 Å². The minimum absolute atomic E-state index is 0.0338. The molecule has 2 atom stereocenters. The molecule has 0 aliphatic heterocycles. The van der Waals surface area contributed by atoms with Gasteiger partial charge in [-0.2, -0.15) is 0 Å². The predicted octanol–water partition coefficient (Wildman–Crippen LogP) is 27.1. The molecule has 10 heteroatoms. The molecule has 0 heterocycles. The zero-order valence-corrected chi connectivity index (χ0v) is 63.9. The van der Waals surface area contributed by atoms with Gasteiger partial charge in [0.1, 0.15) is 19.8 Å². The van der Waals surface area contributed by atoms with Crippen molar-refractivity contribution in [2.75, 3.05) is 47.5 Å². The molecule has 0 spiro atoms. The van der Waals surface area contributed by atoms with Gasteiger partial charge in [0.2, 0.25) is 0 Å². The first kappa shape index (κ1) is 91.4. The van der Waals surface area contributed by atoms with Crippen LogP contribution in [0.15, 0.2) is 72.9 Å². The molecule has 0 aromatic rings. The molecule has 0 aromatic heterocycles. The van der Waals surface area contributed by atoms with Crippen LogP contribution in [0.2, 0.25) is 0 Å². The van der Waals surface area contributed by atoms with E-state index in [9.17, 15) is 19.0 Å². The van der Waals surface area contributed by atoms with Crippen molar-refractivity contribution in [3.63, 3.8) is 0 Å². The summed E-state index contributed by atoms with van der Waals surface area (Å²) in [6, 6.07) is 0. The van der Waals surface area contributed by atoms with Crippen LogP contribution in [0.5, 0.6) is 0 Å². The number of unbranched alkanes of at least 4 members (excludes halogenated alkanes) is 50. The SMILES string of the molecule is CC/C=C\C/C=C\C/C=C\C/C=C\C/C=C\C/C=C\CCCCCCCCCCCCCCCCCCCCCCC(=O)OC(COC(=O)CCCCCCCCCCCCCCCCCCCCCCCCCCCCCCCCC)COP(=O)(O)OCC[N+](C)(C)C. The lowest BCUT2D eigenvalue weighted by Crippen LogP contribution is -2.37. The Bertz CT molecular complexity index is 1820. The summed E-state index contributed by atoms with van der Waals surface area (Å²) < 4.78 is 34.8. The molecular formula is C84H157NO8P+. The normalized spacial score (nSPS) is 13.4. The minimum atomic E-state index is -4.39. The Kier molecular flexibility index (Phi) is 72.6. The summed E-state index contributed by atoms with van der Waals surface area (Å²) in [5.74, 6) is -0.774. The average molecular weight is 1340 g/mol. The van der Waals surface area contributed by atoms with E-state index in [1.807, 2.05) is 21.1 Å². The Hall–Kier alpha value is -2.55. The zero-order valence-electron chi connectivity index (χ0n) is 63.0. The minimum Gasteiger partial charge on any atom is -0.462 e. The molecule has 0 radical (unpaired) electrons. The Morgan fingerprint density at radius 2 is 0.606 bits per heavy atom. The van der Waals surface area contributed by atoms with Crippen molar-refractivity contribution in [2.45, 2.75) is 405 Å². The van der Waals surface area contributed by atoms with Crippen LogP contribution in [0.3, 0.4) is 0 Å². The van der Waals surface area contributed by atoms with Crippen LogP contribution in [0.25, 0.3) is 0 Å². The van der Waals surface area contributed by atoms with Gasteiger partial charge in [-0.3, -0.25) is 18.6 Å². The van der Waals surface area contributed by atoms with Crippen molar-refractivity contribution >= 4 is 19.8 Å². The summed E-state index contributed by atoms with van der Waals surface area (Å²) in [6.07, 6.45) is 102. The maximum atomic E-state index is 12.9. The van der Waals surface area contributed by atoms with Crippen molar-refractivity contribution in [3.05, 3.63) is 72.9 Å². The van der Waals surface area contributed by atoms with Crippen LogP contribution in [0.4, 0.5) is 0 Å². The van der Waals surface area contributed by atoms with Crippen LogP contribution in [0.1, 0.15) is 399 Å². The Morgan fingerprint density at radius 1 is 0.340 bits per heavy atom. The van der Waals surface area contributed by atoms with E-state index in [1.54, 1.807) is 0 Å². The highest BCUT2D eigenvalue weighted by Gasteiger charge is 2.27. The summed E-state index contributed by atoms with van der Waals surface area (Å²) >= 11 is 0. The van der Waals surface area contributed by atoms with Crippen LogP contribution in [0, 0.1) is 0 Å². The standard InChI is InChI=1S/C84H156NO8P/c1-6-8-10-12-14-16-18-20-22-24-26-28-30-32-34-36-38-39-40-41-42-43-44-45-47-49-51-53-55-57-59-61-63-65-67-69-71-73-75-77-84(87)93-82(81-92-94(88,89)91-79-78-85(3,4)5)80-90-83(86)76-74-72-70-68-66-64-62-60-58-56-54-52-50-48-46-37-35-33-31-29-27-25-23-21-19-17-15-13-11-9-7-2/h8,10,14,16,20,22,26,28,32,34,38-39,82H,6-7,9,11-13,15,17-19,21,23-25,27,29-31,33,35-37,40-81H2,1-5H3/p+1/b10-8-,16-14-,22-20-,28-26-,34-32-,39-38-. The molecule has 0 aliphatic rings. The van der Waals surface area contributed by atoms with Crippen LogP contribution < -0.4 is 0 Å². The van der Waals surface area contributed by atoms with E-state index in [4.69, 9.17) is 18.5 Å². The van der Waals surface area contributed by atoms with Gasteiger partial charge < -0.3 is 18.9 Å². The molecule has 550 valence electrons. The van der Waals surface area contributed by atoms with Gasteiger partial charge in [-0.1, -0.05) is 395 Å². The van der Waals surface area contributed by atoms with Crippen molar-refractivity contribution in [2.24, 2.45) is 0 Å². The van der Waals surface area contributed by atoms with Crippen LogP contribution >= 0.6 is 7.82 Å². The van der Waals surface area contributed by atoms with E-state index < -0.39 is 26.5 Å². The number of rotatable bonds is 76. The van der Waals surface area contributed by atoms with E-state index in [-0.39, 0.29) is 25.6 Å². The number of esters is 2. The van der Waals surface area contributed by atoms with Gasteiger partial charge in [-0.25, -0.2) is 4.57 Å². The monoisotopic (exact) mass is 1340 g/mol. The second kappa shape index (κ2) is 74.7. The number of ether oxygens (including phenoxy) is 2. The number of phosphoric acid groups is 1. The Balaban J connectivity index is 3.91. The molecule has 1 N–H and O–H groups in total. The number of phosphoric ester groups is 1. The maximum Gasteiger partial charge on any atom is 0.472 e. The van der Waals surface area contributed by atoms with E-state index >= 15 is 0 Å². The lowest BCUT2D eigenvalue weighted by Gasteiger charge is -2.24. The molecule has 0 amide bonds. The molecule has 9 nitrogen and oxygen atoms in total. The first-order chi connectivity index (χ1) is 46.0. The molecular weight excluding hydrogens is 1180 g/mol. The number of hydrogen-bond donors (Lipinski definition) is 1. The van der Waals surface area contributed by atoms with Crippen LogP contribution in [-0.4, -0.2) is 74.9 Å². The molecule has 0 saturated carbocycles. The first-order valence-electron chi connectivity index (χ1n) is 40.7. The van der Waals surface area contributed by atoms with E-state index in [0.29, 0.717) is 23.9 Å². The second-order valence-electron chi connectivity index (χ2n) is 28.8. The van der Waals surface area contributed by atoms with Crippen LogP contribution in [-0.2, 0) is 32.7 Å². The first-order valence-corrected chi connectivity index (χ1v) is 42.2. The summed E-state index contributed by atoms with van der Waals surface area (Å²) in [5, 5.41) is 0. The highest BCUT2D eigenvalue weighted by atomic mass is 31.2. The summed E-state index contributed by atoms with van der Waals surface area (Å²) in [5.41, 5.74) is 0. The topological polar surface area (TPSA) is 108 Å². The largest absolute Gasteiger partial charge is 0.472 e. The second-order valence-corrected chi connectivity index (χ2v) is 30.2. The fourth-order valence-corrected chi connectivity index (χ4v) is 12.8. The number of nitrogens with zero attached hydrogens (tertiary/aromatic N) is 1. The third-order valence-electron chi connectivity index (χ3n) is 18.3. The van der Waals surface area contributed by atoms with Gasteiger partial charge in [0.15, 0.2) is 6.10 Å². The molecule has 0 aliphatic carbocycles. The molecule has 0 aromatic carbocycles. The van der Waals surface area contributed by atoms with Crippen molar-refractivity contribution in [3.8, 4) is 0 Å². The lowest BCUT2D eigenvalue weighted by atomic mass is 10.0. The smallest absolute Gasteiger partial charge is 0.462 e. The van der Waals surface area contributed by atoms with E-state index in [0.717, 1.165) is 70.6 Å². The molecule has 0 saturated heterocycles. The van der Waals surface area contributed by atoms with Gasteiger partial charge >= 0.3 is 19.8 Å². The third-order valence-corrected chi connectivity index (χ3v) is 19.2. The average Bonchev–Trinajstić information content (AvgIpc) is 1.56. The Morgan fingerprint density at radius 3 is 0.904 bits per heavy atom. The lowest BCUT2D eigenvalue weighted by molar-refractivity contribution is -0.870. The summed E-state index contributed by atoms with van der Waals surface area (Å²) in [7, 11) is 1.50. The fraction of sp³-hybridized carbons (Fsp3) is 0.833. The number of allylic oxidation sites excluding steroid dienone is 12.